The molecule has 1 nitrogen and oxygen atoms in total. The number of hydrogen-bond acceptors (Lipinski definition) is 1. The van der Waals surface area contributed by atoms with Crippen molar-refractivity contribution in [3.8, 4) is 0 Å². The summed E-state index contributed by atoms with van der Waals surface area (Å²) >= 11 is 0. The minimum atomic E-state index is -0.0159. The summed E-state index contributed by atoms with van der Waals surface area (Å²) in [4.78, 5) is 0. The van der Waals surface area contributed by atoms with Crippen LogP contribution in [-0.2, 0) is 0 Å². The van der Waals surface area contributed by atoms with E-state index in [-0.39, 0.29) is 6.10 Å². The summed E-state index contributed by atoms with van der Waals surface area (Å²) in [7, 11) is 0. The molecule has 0 amide bonds. The van der Waals surface area contributed by atoms with Gasteiger partial charge in [0, 0.05) is 5.41 Å². The summed E-state index contributed by atoms with van der Waals surface area (Å²) in [6.45, 7) is 9.98. The van der Waals surface area contributed by atoms with E-state index in [0.29, 0.717) is 22.2 Å². The van der Waals surface area contributed by atoms with Crippen LogP contribution in [0.1, 0.15) is 79.1 Å². The van der Waals surface area contributed by atoms with Crippen molar-refractivity contribution in [2.45, 2.75) is 85.2 Å². The first-order valence-electron chi connectivity index (χ1n) is 9.49. The monoisotopic (exact) mass is 290 g/mol. The largest absolute Gasteiger partial charge is 0.392 e. The van der Waals surface area contributed by atoms with Crippen molar-refractivity contribution >= 4 is 0 Å². The predicted octanol–water partition coefficient (Wildman–Crippen LogP) is 5.03. The van der Waals surface area contributed by atoms with Gasteiger partial charge in [0.25, 0.3) is 0 Å². The first-order chi connectivity index (χ1) is 9.81. The standard InChI is InChI=1S/C20H34O/c1-13-14-6-7-16-19(4)10-5-9-18(2,3)15(19)8-11-20(16,12-14)17(13)21/h13-17,21H,5-12H2,1-4H3/t13-,14-,15-,16+,17+,19-,20-/m1/s1. The van der Waals surface area contributed by atoms with E-state index in [1.807, 2.05) is 0 Å². The van der Waals surface area contributed by atoms with Gasteiger partial charge < -0.3 is 5.11 Å². The maximum atomic E-state index is 11.1. The Morgan fingerprint density at radius 1 is 0.905 bits per heavy atom. The van der Waals surface area contributed by atoms with Crippen molar-refractivity contribution in [2.75, 3.05) is 0 Å². The average molecular weight is 290 g/mol. The Morgan fingerprint density at radius 2 is 1.67 bits per heavy atom. The van der Waals surface area contributed by atoms with Crippen LogP contribution < -0.4 is 0 Å². The van der Waals surface area contributed by atoms with E-state index in [2.05, 4.69) is 27.7 Å². The van der Waals surface area contributed by atoms with E-state index in [0.717, 1.165) is 17.8 Å². The molecule has 7 atom stereocenters. The number of hydrogen-bond donors (Lipinski definition) is 1. The Bertz CT molecular complexity index is 441. The molecule has 4 saturated carbocycles. The third kappa shape index (κ3) is 1.68. The third-order valence-electron chi connectivity index (χ3n) is 8.96. The number of aliphatic hydroxyl groups excluding tert-OH is 1. The molecule has 120 valence electrons. The lowest BCUT2D eigenvalue weighted by Gasteiger charge is -2.64. The maximum absolute atomic E-state index is 11.1. The molecule has 0 aromatic heterocycles. The van der Waals surface area contributed by atoms with Gasteiger partial charge in [-0.3, -0.25) is 0 Å². The summed E-state index contributed by atoms with van der Waals surface area (Å²) in [5, 5.41) is 11.1. The molecule has 4 fully saturated rings. The van der Waals surface area contributed by atoms with E-state index in [9.17, 15) is 5.11 Å². The molecule has 0 aliphatic heterocycles. The van der Waals surface area contributed by atoms with E-state index < -0.39 is 0 Å². The highest BCUT2D eigenvalue weighted by molar-refractivity contribution is 5.15. The fourth-order valence-corrected chi connectivity index (χ4v) is 8.08. The van der Waals surface area contributed by atoms with Gasteiger partial charge in [-0.2, -0.15) is 0 Å². The van der Waals surface area contributed by atoms with E-state index in [4.69, 9.17) is 0 Å². The van der Waals surface area contributed by atoms with E-state index >= 15 is 0 Å². The first-order valence-corrected chi connectivity index (χ1v) is 9.49. The Morgan fingerprint density at radius 3 is 2.43 bits per heavy atom. The summed E-state index contributed by atoms with van der Waals surface area (Å²) in [6.07, 6.45) is 11.0. The topological polar surface area (TPSA) is 20.2 Å². The van der Waals surface area contributed by atoms with Crippen LogP contribution in [0.15, 0.2) is 0 Å². The fraction of sp³-hybridized carbons (Fsp3) is 1.00. The molecule has 0 radical (unpaired) electrons. The fourth-order valence-electron chi connectivity index (χ4n) is 8.08. The van der Waals surface area contributed by atoms with Gasteiger partial charge in [-0.05, 0) is 79.4 Å². The van der Waals surface area contributed by atoms with Crippen LogP contribution in [0.25, 0.3) is 0 Å². The van der Waals surface area contributed by atoms with Crippen molar-refractivity contribution < 1.29 is 5.11 Å². The lowest BCUT2D eigenvalue weighted by molar-refractivity contribution is -0.171. The zero-order chi connectivity index (χ0) is 15.0. The van der Waals surface area contributed by atoms with Crippen molar-refractivity contribution in [1.29, 1.82) is 0 Å². The molecule has 0 aromatic rings. The molecule has 4 aliphatic rings. The number of aliphatic hydroxyl groups is 1. The molecular formula is C20H34O. The molecule has 0 aromatic carbocycles. The van der Waals surface area contributed by atoms with Gasteiger partial charge in [0.05, 0.1) is 6.10 Å². The Kier molecular flexibility index (Phi) is 2.96. The minimum absolute atomic E-state index is 0.0159. The molecule has 4 rings (SSSR count). The van der Waals surface area contributed by atoms with Crippen molar-refractivity contribution in [3.63, 3.8) is 0 Å². The smallest absolute Gasteiger partial charge is 0.0627 e. The highest BCUT2D eigenvalue weighted by Gasteiger charge is 2.66. The molecule has 4 aliphatic carbocycles. The molecule has 0 unspecified atom stereocenters. The van der Waals surface area contributed by atoms with Gasteiger partial charge in [-0.15, -0.1) is 0 Å². The molecule has 1 spiro atoms. The summed E-state index contributed by atoms with van der Waals surface area (Å²) in [5.74, 6) is 3.04. The van der Waals surface area contributed by atoms with Crippen LogP contribution in [0, 0.1) is 39.9 Å². The number of fused-ring (bicyclic) bond motifs is 3. The van der Waals surface area contributed by atoms with Crippen LogP contribution in [0.5, 0.6) is 0 Å². The van der Waals surface area contributed by atoms with Crippen LogP contribution in [0.4, 0.5) is 0 Å². The highest BCUT2D eigenvalue weighted by Crippen LogP contribution is 2.72. The molecular weight excluding hydrogens is 256 g/mol. The quantitative estimate of drug-likeness (QED) is 0.663. The van der Waals surface area contributed by atoms with Crippen molar-refractivity contribution in [1.82, 2.24) is 0 Å². The van der Waals surface area contributed by atoms with Gasteiger partial charge in [0.2, 0.25) is 0 Å². The predicted molar refractivity (Wildman–Crippen MR) is 86.9 cm³/mol. The molecule has 0 heterocycles. The second-order valence-corrected chi connectivity index (χ2v) is 10.1. The van der Waals surface area contributed by atoms with Gasteiger partial charge in [-0.25, -0.2) is 0 Å². The van der Waals surface area contributed by atoms with E-state index in [1.54, 1.807) is 0 Å². The lowest BCUT2D eigenvalue weighted by Crippen LogP contribution is -2.58. The van der Waals surface area contributed by atoms with Gasteiger partial charge >= 0.3 is 0 Å². The van der Waals surface area contributed by atoms with Gasteiger partial charge in [0.1, 0.15) is 0 Å². The Balaban J connectivity index is 1.76. The third-order valence-corrected chi connectivity index (χ3v) is 8.96. The van der Waals surface area contributed by atoms with Crippen LogP contribution in [-0.4, -0.2) is 11.2 Å². The Labute approximate surface area is 130 Å². The van der Waals surface area contributed by atoms with Gasteiger partial charge in [0.15, 0.2) is 0 Å². The summed E-state index contributed by atoms with van der Waals surface area (Å²) < 4.78 is 0. The second-order valence-electron chi connectivity index (χ2n) is 10.1. The zero-order valence-electron chi connectivity index (χ0n) is 14.5. The minimum Gasteiger partial charge on any atom is -0.392 e. The normalized spacial score (nSPS) is 58.4. The zero-order valence-corrected chi connectivity index (χ0v) is 14.5. The molecule has 1 N–H and O–H groups in total. The van der Waals surface area contributed by atoms with Crippen LogP contribution in [0.2, 0.25) is 0 Å². The SMILES string of the molecule is C[C@@H]1[C@@H]2CC[C@H]3[C@]4(C)CCCC(C)(C)[C@H]4CC[C@]3(C2)[C@H]1O. The number of rotatable bonds is 0. The molecule has 1 heteroatoms. The first kappa shape index (κ1) is 14.5. The average Bonchev–Trinajstić information content (AvgIpc) is 2.59. The van der Waals surface area contributed by atoms with Crippen molar-refractivity contribution in [2.24, 2.45) is 39.9 Å². The van der Waals surface area contributed by atoms with E-state index in [1.165, 1.54) is 51.4 Å². The van der Waals surface area contributed by atoms with Crippen LogP contribution >= 0.6 is 0 Å². The lowest BCUT2D eigenvalue weighted by atomic mass is 9.41. The Hall–Kier alpha value is -0.0400. The summed E-state index contributed by atoms with van der Waals surface area (Å²) in [5.41, 5.74) is 1.30. The molecule has 2 bridgehead atoms. The van der Waals surface area contributed by atoms with Crippen LogP contribution in [0.3, 0.4) is 0 Å². The second kappa shape index (κ2) is 4.28. The van der Waals surface area contributed by atoms with Crippen molar-refractivity contribution in [3.05, 3.63) is 0 Å². The molecule has 0 saturated heterocycles. The maximum Gasteiger partial charge on any atom is 0.0627 e. The highest BCUT2D eigenvalue weighted by atomic mass is 16.3. The summed E-state index contributed by atoms with van der Waals surface area (Å²) in [6, 6.07) is 0. The molecule has 21 heavy (non-hydrogen) atoms. The van der Waals surface area contributed by atoms with Gasteiger partial charge in [-0.1, -0.05) is 34.1 Å².